The van der Waals surface area contributed by atoms with Crippen LogP contribution in [0.25, 0.3) is 263 Å². The molecule has 27 rings (SSSR count). The Hall–Kier alpha value is -17.6. The fourth-order valence-corrected chi connectivity index (χ4v) is 20.4. The van der Waals surface area contributed by atoms with Crippen LogP contribution in [0.5, 0.6) is 0 Å². The predicted molar refractivity (Wildman–Crippen MR) is 598 cm³/mol. The topological polar surface area (TPSA) is 26.3 Å². The summed E-state index contributed by atoms with van der Waals surface area (Å²) in [6, 6.07) is 185. The van der Waals surface area contributed by atoms with E-state index in [9.17, 15) is 0 Å². The maximum atomic E-state index is 6.33. The third-order valence-corrected chi connectivity index (χ3v) is 27.3. The molecule has 0 aliphatic carbocycles. The molecule has 0 atom stereocenters. The number of benzene rings is 25. The van der Waals surface area contributed by atoms with Crippen molar-refractivity contribution in [3.8, 4) is 122 Å². The zero-order valence-electron chi connectivity index (χ0n) is 73.3. The lowest BCUT2D eigenvalue weighted by Crippen LogP contribution is -1.89. The molecular weight excluding hydrogens is 1670 g/mol. The maximum absolute atomic E-state index is 6.33. The van der Waals surface area contributed by atoms with Crippen LogP contribution in [0.2, 0.25) is 0 Å². The lowest BCUT2D eigenvalue weighted by atomic mass is 9.87. The first-order valence-electron chi connectivity index (χ1n) is 46.1. The van der Waals surface area contributed by atoms with Crippen LogP contribution in [0.15, 0.2) is 518 Å². The molecule has 0 N–H and O–H groups in total. The van der Waals surface area contributed by atoms with Gasteiger partial charge in [-0.15, -0.1) is 0 Å². The smallest absolute Gasteiger partial charge is 0.139 e. The largest absolute Gasteiger partial charge is 0.456 e. The predicted octanol–water partition coefficient (Wildman–Crippen LogP) is 40.1. The molecular formula is C136H100O2. The van der Waals surface area contributed by atoms with Crippen LogP contribution >= 0.6 is 0 Å². The summed E-state index contributed by atoms with van der Waals surface area (Å²) in [4.78, 5) is 0. The van der Waals surface area contributed by atoms with E-state index >= 15 is 0 Å². The minimum atomic E-state index is 0. The Morgan fingerprint density at radius 3 is 0.717 bits per heavy atom. The Kier molecular flexibility index (Phi) is 23.4. The van der Waals surface area contributed by atoms with Gasteiger partial charge in [0.05, 0.1) is 0 Å². The minimum Gasteiger partial charge on any atom is -0.456 e. The Labute approximate surface area is 805 Å². The van der Waals surface area contributed by atoms with E-state index in [-0.39, 0.29) is 29.7 Å². The molecule has 0 saturated heterocycles. The van der Waals surface area contributed by atoms with E-state index in [0.29, 0.717) is 0 Å². The lowest BCUT2D eigenvalue weighted by Gasteiger charge is -2.16. The van der Waals surface area contributed by atoms with Gasteiger partial charge in [0.1, 0.15) is 22.3 Å². The quantitative estimate of drug-likeness (QED) is 0.121. The zero-order valence-corrected chi connectivity index (χ0v) is 73.3. The summed E-state index contributed by atoms with van der Waals surface area (Å²) in [6.45, 7) is 0. The van der Waals surface area contributed by atoms with E-state index in [1.54, 1.807) is 0 Å². The van der Waals surface area contributed by atoms with Crippen LogP contribution in [-0.4, -0.2) is 0 Å². The van der Waals surface area contributed by atoms with Gasteiger partial charge in [0.25, 0.3) is 0 Å². The second kappa shape index (κ2) is 37.1. The van der Waals surface area contributed by atoms with Crippen molar-refractivity contribution in [3.63, 3.8) is 0 Å². The fraction of sp³-hybridized carbons (Fsp3) is 0.0294. The average Bonchev–Trinajstić information content (AvgIpc) is 1.60. The van der Waals surface area contributed by atoms with Crippen molar-refractivity contribution in [2.24, 2.45) is 0 Å². The first-order chi connectivity index (χ1) is 66.3. The van der Waals surface area contributed by atoms with Crippen LogP contribution in [-0.2, 0) is 0 Å². The zero-order chi connectivity index (χ0) is 88.5. The van der Waals surface area contributed by atoms with Gasteiger partial charge in [0.15, 0.2) is 0 Å². The summed E-state index contributed by atoms with van der Waals surface area (Å²) >= 11 is 0. The normalized spacial score (nSPS) is 11.2. The van der Waals surface area contributed by atoms with Gasteiger partial charge < -0.3 is 8.83 Å². The second-order valence-electron chi connectivity index (χ2n) is 35.3. The van der Waals surface area contributed by atoms with Gasteiger partial charge in [-0.3, -0.25) is 0 Å². The molecule has 25 aromatic carbocycles. The Morgan fingerprint density at radius 2 is 0.326 bits per heavy atom. The lowest BCUT2D eigenvalue weighted by molar-refractivity contribution is 0.656. The second-order valence-corrected chi connectivity index (χ2v) is 35.3. The Morgan fingerprint density at radius 1 is 0.0942 bits per heavy atom. The van der Waals surface area contributed by atoms with Gasteiger partial charge in [-0.2, -0.15) is 0 Å². The number of fused-ring (bicyclic) bond motifs is 18. The van der Waals surface area contributed by atoms with Gasteiger partial charge in [-0.05, 0) is 316 Å². The van der Waals surface area contributed by atoms with Gasteiger partial charge >= 0.3 is 0 Å². The molecule has 2 heteroatoms. The molecule has 2 aromatic heterocycles. The van der Waals surface area contributed by atoms with Gasteiger partial charge in [-0.1, -0.05) is 436 Å². The van der Waals surface area contributed by atoms with Crippen molar-refractivity contribution < 1.29 is 8.83 Å². The number of hydrogen-bond donors (Lipinski definition) is 0. The van der Waals surface area contributed by atoms with Crippen LogP contribution < -0.4 is 0 Å². The van der Waals surface area contributed by atoms with Crippen LogP contribution in [0.4, 0.5) is 0 Å². The summed E-state index contributed by atoms with van der Waals surface area (Å²) in [5.74, 6) is 0. The molecule has 0 unspecified atom stereocenters. The first-order valence-corrected chi connectivity index (χ1v) is 46.1. The SMILES string of the molecule is C.C.C.C.c1cc(-c2ccc3cc(-c4ccc5ccccc5c4)ccc3c2)cc(-c2cc3ccccc3c3ccccc23)c1.c1ccc(-c2cccc(-c3ccc4oc5cc6oc7ccc(-c8cccc(-c9ccccc9)c8)cc7c6cc5c4c3)c2)cc1.c1ccc2cc(-c3ccc(-c4cc5c6ccccc6c(-c6ccc(-c7ccc8ccccc8c7)cc6)cc5c5ccccc45)cc3)ccc2c1. The third-order valence-electron chi connectivity index (χ3n) is 27.3. The number of hydrogen-bond acceptors (Lipinski definition) is 2. The summed E-state index contributed by atoms with van der Waals surface area (Å²) in [5.41, 5.74) is 30.3. The van der Waals surface area contributed by atoms with Crippen molar-refractivity contribution in [2.45, 2.75) is 29.7 Å². The van der Waals surface area contributed by atoms with Crippen molar-refractivity contribution in [3.05, 3.63) is 510 Å². The summed E-state index contributed by atoms with van der Waals surface area (Å²) in [5, 5.41) is 27.3. The Bertz CT molecular complexity index is 8920. The molecule has 0 spiro atoms. The molecule has 0 amide bonds. The molecule has 0 fully saturated rings. The highest BCUT2D eigenvalue weighted by Gasteiger charge is 2.21. The molecule has 0 radical (unpaired) electrons. The summed E-state index contributed by atoms with van der Waals surface area (Å²) < 4.78 is 12.7. The average molecular weight is 1770 g/mol. The van der Waals surface area contributed by atoms with Gasteiger partial charge in [-0.25, -0.2) is 0 Å². The molecule has 656 valence electrons. The molecule has 0 bridgehead atoms. The molecule has 0 saturated carbocycles. The number of furan rings is 2. The van der Waals surface area contributed by atoms with E-state index in [2.05, 4.69) is 504 Å². The van der Waals surface area contributed by atoms with Crippen molar-refractivity contribution in [1.82, 2.24) is 0 Å². The van der Waals surface area contributed by atoms with Crippen LogP contribution in [0.3, 0.4) is 0 Å². The highest BCUT2D eigenvalue weighted by Crippen LogP contribution is 2.47. The van der Waals surface area contributed by atoms with E-state index in [1.165, 1.54) is 208 Å². The molecule has 2 heterocycles. The van der Waals surface area contributed by atoms with Crippen LogP contribution in [0.1, 0.15) is 29.7 Å². The molecule has 138 heavy (non-hydrogen) atoms. The Balaban J connectivity index is 0.000000122. The molecule has 2 nitrogen and oxygen atoms in total. The van der Waals surface area contributed by atoms with Gasteiger partial charge in [0, 0.05) is 27.6 Å². The summed E-state index contributed by atoms with van der Waals surface area (Å²) in [7, 11) is 0. The van der Waals surface area contributed by atoms with Crippen LogP contribution in [0, 0.1) is 0 Å². The highest BCUT2D eigenvalue weighted by molar-refractivity contribution is 6.24. The van der Waals surface area contributed by atoms with E-state index < -0.39 is 0 Å². The van der Waals surface area contributed by atoms with Crippen molar-refractivity contribution in [2.75, 3.05) is 0 Å². The minimum absolute atomic E-state index is 0. The fourth-order valence-electron chi connectivity index (χ4n) is 20.4. The van der Waals surface area contributed by atoms with Crippen molar-refractivity contribution >= 4 is 141 Å². The van der Waals surface area contributed by atoms with Crippen molar-refractivity contribution in [1.29, 1.82) is 0 Å². The molecule has 0 aliphatic rings. The standard InChI is InChI=1S/C50H32.C42H26O2.C40H26.4CH4/c1-3-11-39-29-41(27-21-33(39)9-1)35-17-23-37(24-18-35)47-31-49-46-16-8-6-14-44(46)48(32-50(49)45-15-7-5-13-43(45)47)38-25-19-36(20-26-38)42-28-22-34-10-2-4-12-40(34)30-42;1-3-9-27(10-4-1)29-13-7-15-31(21-29)33-17-19-39-35(23-33)37-25-38-36-24-34(18-20-40(36)44-42(38)26-41(37)43-39)32-16-8-14-30(22-32)28-11-5-2-6-12-28;1-2-9-28-22-31(17-16-27(28)8-1)33-21-20-32-23-30(18-19-34(32)24-33)29-11-7-12-35(25-29)40-26-36-10-3-4-13-37(36)38-14-5-6-15-39(38)40;;;;/h1-32H;1-26H;1-26H;4*1H4. The van der Waals surface area contributed by atoms with E-state index in [0.717, 1.165) is 55.0 Å². The van der Waals surface area contributed by atoms with E-state index in [1.807, 2.05) is 6.07 Å². The highest BCUT2D eigenvalue weighted by atomic mass is 16.3. The first kappa shape index (κ1) is 87.1. The van der Waals surface area contributed by atoms with Gasteiger partial charge in [0.2, 0.25) is 0 Å². The summed E-state index contributed by atoms with van der Waals surface area (Å²) in [6.07, 6.45) is 0. The molecule has 27 aromatic rings. The number of rotatable bonds is 11. The van der Waals surface area contributed by atoms with E-state index in [4.69, 9.17) is 8.83 Å². The third kappa shape index (κ3) is 16.3. The monoisotopic (exact) mass is 1760 g/mol. The molecule has 0 aliphatic heterocycles. The maximum Gasteiger partial charge on any atom is 0.139 e.